The second kappa shape index (κ2) is 12.1. The number of hydrogen-bond acceptors (Lipinski definition) is 5. The molecule has 156 valence electrons. The molecule has 0 aromatic heterocycles. The maximum absolute atomic E-state index is 12.2. The number of nitrogens with one attached hydrogen (secondary N) is 1. The van der Waals surface area contributed by atoms with Crippen LogP contribution in [0.15, 0.2) is 48.5 Å². The van der Waals surface area contributed by atoms with Crippen LogP contribution >= 0.6 is 0 Å². The highest BCUT2D eigenvalue weighted by atomic mass is 16.5. The minimum absolute atomic E-state index is 0.00573. The van der Waals surface area contributed by atoms with Crippen LogP contribution in [0.4, 0.5) is 5.69 Å². The number of carboxylic acid groups (broad SMARTS) is 2. The third-order valence-corrected chi connectivity index (χ3v) is 3.83. The zero-order chi connectivity index (χ0) is 21.8. The Kier molecular flexibility index (Phi) is 9.90. The van der Waals surface area contributed by atoms with Crippen LogP contribution in [-0.2, 0) is 20.9 Å². The summed E-state index contributed by atoms with van der Waals surface area (Å²) < 4.78 is 5.28. The Bertz CT molecular complexity index is 811. The summed E-state index contributed by atoms with van der Waals surface area (Å²) in [5, 5.41) is 17.7. The minimum atomic E-state index is -1.82. The zero-order valence-electron chi connectivity index (χ0n) is 16.7. The van der Waals surface area contributed by atoms with Crippen LogP contribution in [0.3, 0.4) is 0 Å². The van der Waals surface area contributed by atoms with E-state index in [-0.39, 0.29) is 5.91 Å². The zero-order valence-corrected chi connectivity index (χ0v) is 16.7. The smallest absolute Gasteiger partial charge is 0.414 e. The largest absolute Gasteiger partial charge is 0.495 e. The summed E-state index contributed by atoms with van der Waals surface area (Å²) in [6, 6.07) is 16.0. The van der Waals surface area contributed by atoms with E-state index in [1.165, 1.54) is 5.56 Å². The Labute approximate surface area is 169 Å². The molecule has 0 aliphatic heterocycles. The van der Waals surface area contributed by atoms with Gasteiger partial charge >= 0.3 is 11.9 Å². The Morgan fingerprint density at radius 3 is 2.21 bits per heavy atom. The van der Waals surface area contributed by atoms with Gasteiger partial charge in [0, 0.05) is 19.5 Å². The van der Waals surface area contributed by atoms with Crippen LogP contribution in [0.5, 0.6) is 5.75 Å². The molecule has 0 bridgehead atoms. The van der Waals surface area contributed by atoms with Crippen molar-refractivity contribution in [2.45, 2.75) is 19.9 Å². The van der Waals surface area contributed by atoms with Gasteiger partial charge in [-0.05, 0) is 37.2 Å². The van der Waals surface area contributed by atoms with E-state index < -0.39 is 11.9 Å². The highest BCUT2D eigenvalue weighted by Gasteiger charge is 2.09. The van der Waals surface area contributed by atoms with Crippen molar-refractivity contribution in [1.29, 1.82) is 0 Å². The summed E-state index contributed by atoms with van der Waals surface area (Å²) in [5.74, 6) is -2.97. The van der Waals surface area contributed by atoms with E-state index in [2.05, 4.69) is 22.3 Å². The highest BCUT2D eigenvalue weighted by Crippen LogP contribution is 2.25. The molecule has 0 heterocycles. The fourth-order valence-electron chi connectivity index (χ4n) is 2.40. The summed E-state index contributed by atoms with van der Waals surface area (Å²) in [4.78, 5) is 32.5. The molecular weight excluding hydrogens is 376 g/mol. The number of hydrogen-bond donors (Lipinski definition) is 3. The van der Waals surface area contributed by atoms with Gasteiger partial charge in [-0.2, -0.15) is 0 Å². The number of rotatable bonds is 7. The Hall–Kier alpha value is -3.39. The van der Waals surface area contributed by atoms with E-state index in [0.29, 0.717) is 18.7 Å². The summed E-state index contributed by atoms with van der Waals surface area (Å²) in [6.45, 7) is 3.53. The monoisotopic (exact) mass is 402 g/mol. The molecule has 2 aromatic carbocycles. The first-order valence-electron chi connectivity index (χ1n) is 8.86. The molecule has 0 saturated heterocycles. The van der Waals surface area contributed by atoms with Crippen LogP contribution in [-0.4, -0.2) is 53.7 Å². The normalized spacial score (nSPS) is 9.93. The molecule has 8 heteroatoms. The number of carbonyl (C=O) groups is 3. The van der Waals surface area contributed by atoms with Crippen molar-refractivity contribution in [2.75, 3.05) is 26.0 Å². The standard InChI is InChI=1S/C19H24N2O2.C2H2O4/c1-15-9-10-18(23-3)17(13-15)20-19(22)11-12-21(2)14-16-7-5-4-6-8-16;3-1(4)2(5)6/h4-10,13H,11-12,14H2,1-3H3,(H,20,22);(H,3,4)(H,5,6). The molecule has 0 saturated carbocycles. The van der Waals surface area contributed by atoms with Gasteiger partial charge in [0.15, 0.2) is 0 Å². The van der Waals surface area contributed by atoms with Crippen LogP contribution < -0.4 is 10.1 Å². The Balaban J connectivity index is 0.000000612. The van der Waals surface area contributed by atoms with Crippen molar-refractivity contribution in [1.82, 2.24) is 4.90 Å². The van der Waals surface area contributed by atoms with Crippen molar-refractivity contribution in [2.24, 2.45) is 0 Å². The topological polar surface area (TPSA) is 116 Å². The fraction of sp³-hybridized carbons (Fsp3) is 0.286. The number of carboxylic acids is 2. The average Bonchev–Trinajstić information content (AvgIpc) is 2.68. The van der Waals surface area contributed by atoms with Crippen LogP contribution in [0.2, 0.25) is 0 Å². The van der Waals surface area contributed by atoms with E-state index in [4.69, 9.17) is 24.5 Å². The van der Waals surface area contributed by atoms with Crippen molar-refractivity contribution in [3.8, 4) is 5.75 Å². The molecule has 2 rings (SSSR count). The van der Waals surface area contributed by atoms with Gasteiger partial charge in [0.2, 0.25) is 5.91 Å². The van der Waals surface area contributed by atoms with Gasteiger partial charge in [0.1, 0.15) is 5.75 Å². The lowest BCUT2D eigenvalue weighted by Gasteiger charge is -2.17. The average molecular weight is 402 g/mol. The molecule has 8 nitrogen and oxygen atoms in total. The highest BCUT2D eigenvalue weighted by molar-refractivity contribution is 6.27. The third-order valence-electron chi connectivity index (χ3n) is 3.83. The van der Waals surface area contributed by atoms with E-state index in [1.54, 1.807) is 7.11 Å². The molecule has 2 aromatic rings. The molecule has 0 unspecified atom stereocenters. The molecule has 0 fully saturated rings. The van der Waals surface area contributed by atoms with Crippen LogP contribution in [0, 0.1) is 6.92 Å². The van der Waals surface area contributed by atoms with E-state index in [9.17, 15) is 4.79 Å². The molecule has 0 atom stereocenters. The van der Waals surface area contributed by atoms with Gasteiger partial charge < -0.3 is 25.2 Å². The molecule has 29 heavy (non-hydrogen) atoms. The summed E-state index contributed by atoms with van der Waals surface area (Å²) in [7, 11) is 3.63. The van der Waals surface area contributed by atoms with E-state index >= 15 is 0 Å². The van der Waals surface area contributed by atoms with Gasteiger partial charge in [0.25, 0.3) is 0 Å². The van der Waals surface area contributed by atoms with Crippen molar-refractivity contribution >= 4 is 23.5 Å². The quantitative estimate of drug-likeness (QED) is 0.610. The second-order valence-corrected chi connectivity index (χ2v) is 6.34. The van der Waals surface area contributed by atoms with Gasteiger partial charge in [-0.15, -0.1) is 0 Å². The first-order valence-corrected chi connectivity index (χ1v) is 8.86. The van der Waals surface area contributed by atoms with Crippen LogP contribution in [0.25, 0.3) is 0 Å². The predicted octanol–water partition coefficient (Wildman–Crippen LogP) is 2.62. The number of benzene rings is 2. The molecule has 1 amide bonds. The van der Waals surface area contributed by atoms with Crippen molar-refractivity contribution in [3.63, 3.8) is 0 Å². The number of aryl methyl sites for hydroxylation is 1. The molecule has 0 aliphatic rings. The molecular formula is C21H26N2O6. The Morgan fingerprint density at radius 1 is 1.03 bits per heavy atom. The van der Waals surface area contributed by atoms with Gasteiger partial charge in [-0.3, -0.25) is 4.79 Å². The number of amides is 1. The molecule has 0 aliphatic carbocycles. The summed E-state index contributed by atoms with van der Waals surface area (Å²) >= 11 is 0. The van der Waals surface area contributed by atoms with E-state index in [1.807, 2.05) is 50.4 Å². The molecule has 3 N–H and O–H groups in total. The predicted molar refractivity (Wildman–Crippen MR) is 109 cm³/mol. The maximum Gasteiger partial charge on any atom is 0.414 e. The number of carbonyl (C=O) groups excluding carboxylic acids is 1. The lowest BCUT2D eigenvalue weighted by molar-refractivity contribution is -0.159. The minimum Gasteiger partial charge on any atom is -0.495 e. The fourth-order valence-corrected chi connectivity index (χ4v) is 2.40. The number of ether oxygens (including phenoxy) is 1. The first-order chi connectivity index (χ1) is 13.7. The Morgan fingerprint density at radius 2 is 1.66 bits per heavy atom. The lowest BCUT2D eigenvalue weighted by Crippen LogP contribution is -2.24. The number of nitrogens with zero attached hydrogens (tertiary/aromatic N) is 1. The van der Waals surface area contributed by atoms with Crippen molar-refractivity contribution in [3.05, 3.63) is 59.7 Å². The SMILES string of the molecule is COc1ccc(C)cc1NC(=O)CCN(C)Cc1ccccc1.O=C(O)C(=O)O. The van der Waals surface area contributed by atoms with Gasteiger partial charge in [0.05, 0.1) is 12.8 Å². The lowest BCUT2D eigenvalue weighted by atomic mass is 10.2. The molecule has 0 radical (unpaired) electrons. The first kappa shape index (κ1) is 23.6. The van der Waals surface area contributed by atoms with E-state index in [0.717, 1.165) is 17.8 Å². The number of methoxy groups -OCH3 is 1. The number of aliphatic carboxylic acids is 2. The number of anilines is 1. The van der Waals surface area contributed by atoms with Crippen LogP contribution in [0.1, 0.15) is 17.5 Å². The molecule has 0 spiro atoms. The summed E-state index contributed by atoms with van der Waals surface area (Å²) in [6.07, 6.45) is 0.445. The van der Waals surface area contributed by atoms with Crippen molar-refractivity contribution < 1.29 is 29.3 Å². The maximum atomic E-state index is 12.2. The third kappa shape index (κ3) is 9.39. The summed E-state index contributed by atoms with van der Waals surface area (Å²) in [5.41, 5.74) is 3.06. The second-order valence-electron chi connectivity index (χ2n) is 6.34. The van der Waals surface area contributed by atoms with Gasteiger partial charge in [-0.25, -0.2) is 9.59 Å². The van der Waals surface area contributed by atoms with Gasteiger partial charge in [-0.1, -0.05) is 36.4 Å².